The summed E-state index contributed by atoms with van der Waals surface area (Å²) in [7, 11) is 3.96. The number of fused-ring (bicyclic) bond motifs is 1. The van der Waals surface area contributed by atoms with E-state index in [0.717, 1.165) is 22.9 Å². The van der Waals surface area contributed by atoms with Crippen LogP contribution in [0.25, 0.3) is 10.8 Å². The molecule has 112 valence electrons. The van der Waals surface area contributed by atoms with Crippen molar-refractivity contribution in [2.75, 3.05) is 20.6 Å². The van der Waals surface area contributed by atoms with Gasteiger partial charge in [0.1, 0.15) is 0 Å². The lowest BCUT2D eigenvalue weighted by Crippen LogP contribution is -2.38. The van der Waals surface area contributed by atoms with Gasteiger partial charge in [-0.25, -0.2) is 0 Å². The van der Waals surface area contributed by atoms with Gasteiger partial charge in [-0.05, 0) is 49.8 Å². The van der Waals surface area contributed by atoms with E-state index in [1.54, 1.807) is 0 Å². The van der Waals surface area contributed by atoms with Crippen molar-refractivity contribution < 1.29 is 9.90 Å². The summed E-state index contributed by atoms with van der Waals surface area (Å²) in [6.45, 7) is 2.72. The molecule has 0 aliphatic heterocycles. The molecule has 3 nitrogen and oxygen atoms in total. The monoisotopic (exact) mass is 285 g/mol. The van der Waals surface area contributed by atoms with E-state index in [9.17, 15) is 9.90 Å². The van der Waals surface area contributed by atoms with Crippen molar-refractivity contribution in [3.8, 4) is 0 Å². The predicted octanol–water partition coefficient (Wildman–Crippen LogP) is 3.52. The molecular formula is C18H23NO2. The maximum atomic E-state index is 12.1. The Morgan fingerprint density at radius 3 is 2.43 bits per heavy atom. The third kappa shape index (κ3) is 2.93. The van der Waals surface area contributed by atoms with Gasteiger partial charge in [0.15, 0.2) is 0 Å². The van der Waals surface area contributed by atoms with E-state index in [0.29, 0.717) is 12.8 Å². The summed E-state index contributed by atoms with van der Waals surface area (Å²) >= 11 is 0. The van der Waals surface area contributed by atoms with E-state index in [1.165, 1.54) is 0 Å². The molecule has 0 aromatic heterocycles. The molecule has 21 heavy (non-hydrogen) atoms. The second-order valence-corrected chi connectivity index (χ2v) is 5.82. The number of benzene rings is 2. The summed E-state index contributed by atoms with van der Waals surface area (Å²) < 4.78 is 0. The van der Waals surface area contributed by atoms with Crippen molar-refractivity contribution >= 4 is 16.7 Å². The van der Waals surface area contributed by atoms with Gasteiger partial charge in [0, 0.05) is 0 Å². The molecule has 1 unspecified atom stereocenters. The van der Waals surface area contributed by atoms with E-state index in [4.69, 9.17) is 0 Å². The van der Waals surface area contributed by atoms with Crippen molar-refractivity contribution in [3.63, 3.8) is 0 Å². The van der Waals surface area contributed by atoms with Crippen LogP contribution in [0, 0.1) is 0 Å². The van der Waals surface area contributed by atoms with Crippen LogP contribution in [-0.4, -0.2) is 36.6 Å². The summed E-state index contributed by atoms with van der Waals surface area (Å²) in [6, 6.07) is 14.0. The molecule has 2 aromatic carbocycles. The fraction of sp³-hybridized carbons (Fsp3) is 0.389. The van der Waals surface area contributed by atoms with Crippen LogP contribution in [0.4, 0.5) is 0 Å². The molecule has 0 aliphatic carbocycles. The Kier molecular flexibility index (Phi) is 4.63. The van der Waals surface area contributed by atoms with Crippen LogP contribution in [0.5, 0.6) is 0 Å². The fourth-order valence-electron chi connectivity index (χ4n) is 2.93. The van der Waals surface area contributed by atoms with E-state index in [1.807, 2.05) is 68.4 Å². The Bertz CT molecular complexity index is 631. The molecule has 2 rings (SSSR count). The van der Waals surface area contributed by atoms with Crippen molar-refractivity contribution in [3.05, 3.63) is 48.0 Å². The van der Waals surface area contributed by atoms with Gasteiger partial charge >= 0.3 is 5.97 Å². The Balaban J connectivity index is 2.60. The van der Waals surface area contributed by atoms with Gasteiger partial charge in [-0.2, -0.15) is 0 Å². The lowest BCUT2D eigenvalue weighted by Gasteiger charge is -2.31. The zero-order chi connectivity index (χ0) is 15.5. The van der Waals surface area contributed by atoms with Gasteiger partial charge in [0.2, 0.25) is 0 Å². The highest BCUT2D eigenvalue weighted by Gasteiger charge is 2.39. The van der Waals surface area contributed by atoms with Crippen molar-refractivity contribution in [1.82, 2.24) is 4.90 Å². The first-order valence-electron chi connectivity index (χ1n) is 7.37. The van der Waals surface area contributed by atoms with Gasteiger partial charge in [0.25, 0.3) is 0 Å². The minimum Gasteiger partial charge on any atom is -0.481 e. The van der Waals surface area contributed by atoms with Gasteiger partial charge in [-0.1, -0.05) is 49.4 Å². The highest BCUT2D eigenvalue weighted by molar-refractivity contribution is 5.93. The molecule has 0 saturated carbocycles. The molecule has 2 aromatic rings. The molecule has 0 bridgehead atoms. The molecule has 3 heteroatoms. The average molecular weight is 285 g/mol. The Hall–Kier alpha value is -1.87. The fourth-order valence-corrected chi connectivity index (χ4v) is 2.93. The molecule has 1 atom stereocenters. The number of carboxylic acids is 1. The van der Waals surface area contributed by atoms with Crippen LogP contribution in [0.1, 0.15) is 25.3 Å². The summed E-state index contributed by atoms with van der Waals surface area (Å²) in [5.74, 6) is -0.733. The highest BCUT2D eigenvalue weighted by atomic mass is 16.4. The summed E-state index contributed by atoms with van der Waals surface area (Å²) in [5.41, 5.74) is 0.1000. The molecule has 0 heterocycles. The lowest BCUT2D eigenvalue weighted by molar-refractivity contribution is -0.144. The van der Waals surface area contributed by atoms with Crippen LogP contribution in [0.3, 0.4) is 0 Å². The van der Waals surface area contributed by atoms with Crippen LogP contribution < -0.4 is 0 Å². The lowest BCUT2D eigenvalue weighted by atomic mass is 9.73. The molecule has 0 radical (unpaired) electrons. The first kappa shape index (κ1) is 15.5. The van der Waals surface area contributed by atoms with Crippen LogP contribution in [0.2, 0.25) is 0 Å². The van der Waals surface area contributed by atoms with E-state index < -0.39 is 11.4 Å². The van der Waals surface area contributed by atoms with Gasteiger partial charge in [0.05, 0.1) is 5.41 Å². The molecular weight excluding hydrogens is 262 g/mol. The molecule has 0 spiro atoms. The predicted molar refractivity (Wildman–Crippen MR) is 86.7 cm³/mol. The third-order valence-electron chi connectivity index (χ3n) is 4.30. The minimum atomic E-state index is -0.828. The summed E-state index contributed by atoms with van der Waals surface area (Å²) in [6.07, 6.45) is 1.20. The van der Waals surface area contributed by atoms with Gasteiger partial charge in [-0.15, -0.1) is 0 Å². The normalized spacial score (nSPS) is 14.3. The molecule has 0 fully saturated rings. The Morgan fingerprint density at radius 2 is 1.81 bits per heavy atom. The summed E-state index contributed by atoms with van der Waals surface area (Å²) in [4.78, 5) is 14.1. The first-order valence-corrected chi connectivity index (χ1v) is 7.37. The SMILES string of the molecule is CCC(CCN(C)C)(C(=O)O)c1cccc2ccccc12. The largest absolute Gasteiger partial charge is 0.481 e. The number of rotatable bonds is 6. The average Bonchev–Trinajstić information content (AvgIpc) is 2.48. The topological polar surface area (TPSA) is 40.5 Å². The third-order valence-corrected chi connectivity index (χ3v) is 4.30. The van der Waals surface area contributed by atoms with Gasteiger partial charge < -0.3 is 10.0 Å². The Labute approximate surface area is 126 Å². The van der Waals surface area contributed by atoms with Crippen molar-refractivity contribution in [1.29, 1.82) is 0 Å². The van der Waals surface area contributed by atoms with E-state index in [2.05, 4.69) is 0 Å². The molecule has 0 aliphatic rings. The number of carbonyl (C=O) groups is 1. The minimum absolute atomic E-state index is 0.587. The zero-order valence-electron chi connectivity index (χ0n) is 13.0. The molecule has 0 amide bonds. The van der Waals surface area contributed by atoms with Crippen molar-refractivity contribution in [2.45, 2.75) is 25.2 Å². The van der Waals surface area contributed by atoms with Crippen LogP contribution in [-0.2, 0) is 10.2 Å². The molecule has 0 saturated heterocycles. The maximum Gasteiger partial charge on any atom is 0.314 e. The standard InChI is InChI=1S/C18H23NO2/c1-4-18(17(20)21,12-13-19(2)3)16-11-7-9-14-8-5-6-10-15(14)16/h5-11H,4,12-13H2,1-3H3,(H,20,21). The number of hydrogen-bond donors (Lipinski definition) is 1. The van der Waals surface area contributed by atoms with Gasteiger partial charge in [-0.3, -0.25) is 4.79 Å². The number of carboxylic acid groups (broad SMARTS) is 1. The smallest absolute Gasteiger partial charge is 0.314 e. The zero-order valence-corrected chi connectivity index (χ0v) is 13.0. The highest BCUT2D eigenvalue weighted by Crippen LogP contribution is 2.37. The second kappa shape index (κ2) is 6.27. The number of aliphatic carboxylic acids is 1. The van der Waals surface area contributed by atoms with E-state index in [-0.39, 0.29) is 0 Å². The number of nitrogens with zero attached hydrogens (tertiary/aromatic N) is 1. The van der Waals surface area contributed by atoms with E-state index >= 15 is 0 Å². The summed E-state index contributed by atoms with van der Waals surface area (Å²) in [5, 5.41) is 12.1. The second-order valence-electron chi connectivity index (χ2n) is 5.82. The Morgan fingerprint density at radius 1 is 1.14 bits per heavy atom. The number of hydrogen-bond acceptors (Lipinski definition) is 2. The maximum absolute atomic E-state index is 12.1. The van der Waals surface area contributed by atoms with Crippen LogP contribution >= 0.6 is 0 Å². The van der Waals surface area contributed by atoms with Crippen molar-refractivity contribution in [2.24, 2.45) is 0 Å². The quantitative estimate of drug-likeness (QED) is 0.882. The molecule has 1 N–H and O–H groups in total. The first-order chi connectivity index (χ1) is 10.0. The van der Waals surface area contributed by atoms with Crippen LogP contribution in [0.15, 0.2) is 42.5 Å².